The van der Waals surface area contributed by atoms with Gasteiger partial charge in [0.1, 0.15) is 10.6 Å². The lowest BCUT2D eigenvalue weighted by Gasteiger charge is -2.31. The lowest BCUT2D eigenvalue weighted by Crippen LogP contribution is -2.47. The van der Waals surface area contributed by atoms with Crippen molar-refractivity contribution < 1.29 is 13.2 Å². The topological polar surface area (TPSA) is 108 Å². The molecule has 2 aromatic carbocycles. The molecule has 36 heavy (non-hydrogen) atoms. The van der Waals surface area contributed by atoms with Gasteiger partial charge in [0.05, 0.1) is 27.9 Å². The Hall–Kier alpha value is -3.44. The number of amides is 1. The Bertz CT molecular complexity index is 1540. The summed E-state index contributed by atoms with van der Waals surface area (Å²) < 4.78 is 27.2. The molecule has 1 saturated heterocycles. The highest BCUT2D eigenvalue weighted by Gasteiger charge is 2.28. The zero-order valence-electron chi connectivity index (χ0n) is 19.4. The monoisotopic (exact) mass is 522 g/mol. The zero-order valence-corrected chi connectivity index (χ0v) is 21.0. The lowest BCUT2D eigenvalue weighted by molar-refractivity contribution is 0.102. The summed E-state index contributed by atoms with van der Waals surface area (Å²) in [6.07, 6.45) is 2.86. The predicted octanol–water partition coefficient (Wildman–Crippen LogP) is 3.53. The van der Waals surface area contributed by atoms with Crippen molar-refractivity contribution in [2.75, 3.05) is 38.5 Å². The molecule has 1 N–H and O–H groups in total. The average Bonchev–Trinajstić information content (AvgIpc) is 2.90. The van der Waals surface area contributed by atoms with Crippen LogP contribution in [0.2, 0.25) is 5.02 Å². The lowest BCUT2D eigenvalue weighted by atomic mass is 10.1. The van der Waals surface area contributed by atoms with E-state index in [-0.39, 0.29) is 10.6 Å². The van der Waals surface area contributed by atoms with E-state index in [1.54, 1.807) is 24.4 Å². The van der Waals surface area contributed by atoms with Crippen molar-refractivity contribution in [1.29, 1.82) is 0 Å². The van der Waals surface area contributed by atoms with E-state index >= 15 is 0 Å². The average molecular weight is 523 g/mol. The fourth-order valence-electron chi connectivity index (χ4n) is 3.93. The van der Waals surface area contributed by atoms with Gasteiger partial charge >= 0.3 is 0 Å². The van der Waals surface area contributed by atoms with E-state index in [0.29, 0.717) is 48.1 Å². The summed E-state index contributed by atoms with van der Waals surface area (Å²) in [6, 6.07) is 15.4. The van der Waals surface area contributed by atoms with Gasteiger partial charge in [-0.2, -0.15) is 4.31 Å². The number of fused-ring (bicyclic) bond motifs is 1. The number of carbonyl (C=O) groups is 1. The number of pyridine rings is 1. The molecule has 1 fully saturated rings. The SMILES string of the molecule is CN1CCN(S(=O)(=O)c2ccc(C(=O)Nc3ccc(Cl)c(-c4cnc5ccccc5n4)c3)nc2)CC1. The van der Waals surface area contributed by atoms with Crippen molar-refractivity contribution in [3.63, 3.8) is 0 Å². The summed E-state index contributed by atoms with van der Waals surface area (Å²) in [4.78, 5) is 28.1. The van der Waals surface area contributed by atoms with E-state index < -0.39 is 15.9 Å². The van der Waals surface area contributed by atoms with Gasteiger partial charge in [-0.15, -0.1) is 0 Å². The molecule has 0 unspecified atom stereocenters. The molecule has 1 aliphatic heterocycles. The minimum Gasteiger partial charge on any atom is -0.321 e. The number of hydrogen-bond acceptors (Lipinski definition) is 7. The van der Waals surface area contributed by atoms with E-state index in [4.69, 9.17) is 11.6 Å². The summed E-state index contributed by atoms with van der Waals surface area (Å²) in [5.74, 6) is -0.476. The van der Waals surface area contributed by atoms with Gasteiger partial charge in [0.25, 0.3) is 5.91 Å². The van der Waals surface area contributed by atoms with Crippen molar-refractivity contribution >= 4 is 44.3 Å². The number of sulfonamides is 1. The van der Waals surface area contributed by atoms with Crippen molar-refractivity contribution in [2.45, 2.75) is 4.90 Å². The quantitative estimate of drug-likeness (QED) is 0.427. The molecule has 4 aromatic rings. The van der Waals surface area contributed by atoms with Crippen LogP contribution in [0.1, 0.15) is 10.5 Å². The zero-order chi connectivity index (χ0) is 25.3. The predicted molar refractivity (Wildman–Crippen MR) is 138 cm³/mol. The number of nitrogens with zero attached hydrogens (tertiary/aromatic N) is 5. The summed E-state index contributed by atoms with van der Waals surface area (Å²) in [5, 5.41) is 3.25. The van der Waals surface area contributed by atoms with Crippen molar-refractivity contribution in [3.8, 4) is 11.3 Å². The number of halogens is 1. The van der Waals surface area contributed by atoms with Gasteiger partial charge in [-0.1, -0.05) is 23.7 Å². The van der Waals surface area contributed by atoms with Gasteiger partial charge in [-0.25, -0.2) is 18.4 Å². The van der Waals surface area contributed by atoms with Crippen LogP contribution in [0.15, 0.2) is 71.9 Å². The molecule has 11 heteroatoms. The molecule has 1 aliphatic rings. The van der Waals surface area contributed by atoms with Crippen molar-refractivity contribution in [2.24, 2.45) is 0 Å². The van der Waals surface area contributed by atoms with Crippen molar-refractivity contribution in [3.05, 3.63) is 77.7 Å². The van der Waals surface area contributed by atoms with Crippen LogP contribution in [-0.4, -0.2) is 71.7 Å². The van der Waals surface area contributed by atoms with E-state index in [2.05, 4.69) is 25.2 Å². The number of likely N-dealkylation sites (N-methyl/N-ethyl adjacent to an activating group) is 1. The maximum atomic E-state index is 12.9. The fourth-order valence-corrected chi connectivity index (χ4v) is 5.51. The Morgan fingerprint density at radius 2 is 1.69 bits per heavy atom. The maximum Gasteiger partial charge on any atom is 0.274 e. The Morgan fingerprint density at radius 3 is 2.42 bits per heavy atom. The van der Waals surface area contributed by atoms with E-state index in [1.807, 2.05) is 31.3 Å². The first-order valence-corrected chi connectivity index (χ1v) is 13.1. The molecule has 9 nitrogen and oxygen atoms in total. The number of hydrogen-bond donors (Lipinski definition) is 1. The number of rotatable bonds is 5. The number of aromatic nitrogens is 3. The van der Waals surface area contributed by atoms with Crippen LogP contribution in [0.3, 0.4) is 0 Å². The third kappa shape index (κ3) is 4.93. The number of anilines is 1. The normalized spacial score (nSPS) is 15.2. The van der Waals surface area contributed by atoms with Gasteiger partial charge in [-0.3, -0.25) is 9.78 Å². The molecular formula is C25H23ClN6O3S. The van der Waals surface area contributed by atoms with Gasteiger partial charge in [0, 0.05) is 43.6 Å². The highest BCUT2D eigenvalue weighted by Crippen LogP contribution is 2.30. The van der Waals surface area contributed by atoms with Crippen LogP contribution in [0.5, 0.6) is 0 Å². The highest BCUT2D eigenvalue weighted by atomic mass is 35.5. The van der Waals surface area contributed by atoms with Gasteiger partial charge in [0.15, 0.2) is 0 Å². The van der Waals surface area contributed by atoms with Crippen LogP contribution in [0.4, 0.5) is 5.69 Å². The summed E-state index contributed by atoms with van der Waals surface area (Å²) >= 11 is 6.41. The third-order valence-corrected chi connectivity index (χ3v) is 8.23. The van der Waals surface area contributed by atoms with Gasteiger partial charge in [0.2, 0.25) is 10.0 Å². The first-order chi connectivity index (χ1) is 17.3. The Kier molecular flexibility index (Phi) is 6.67. The third-order valence-electron chi connectivity index (χ3n) is 6.02. The largest absolute Gasteiger partial charge is 0.321 e. The number of carbonyl (C=O) groups excluding carboxylic acids is 1. The first kappa shape index (κ1) is 24.3. The van der Waals surface area contributed by atoms with Crippen LogP contribution in [0.25, 0.3) is 22.3 Å². The van der Waals surface area contributed by atoms with Gasteiger partial charge in [-0.05, 0) is 49.5 Å². The van der Waals surface area contributed by atoms with E-state index in [9.17, 15) is 13.2 Å². The number of piperazine rings is 1. The smallest absolute Gasteiger partial charge is 0.274 e. The molecule has 0 saturated carbocycles. The minimum atomic E-state index is -3.66. The van der Waals surface area contributed by atoms with Crippen LogP contribution >= 0.6 is 11.6 Å². The van der Waals surface area contributed by atoms with Crippen LogP contribution in [-0.2, 0) is 10.0 Å². The fraction of sp³-hybridized carbons (Fsp3) is 0.200. The minimum absolute atomic E-state index is 0.0623. The second-order valence-corrected chi connectivity index (χ2v) is 10.8. The second kappa shape index (κ2) is 9.90. The molecular weight excluding hydrogens is 500 g/mol. The molecule has 0 spiro atoms. The first-order valence-electron chi connectivity index (χ1n) is 11.3. The molecule has 0 atom stereocenters. The molecule has 184 valence electrons. The Balaban J connectivity index is 1.33. The number of nitrogens with one attached hydrogen (secondary N) is 1. The highest BCUT2D eigenvalue weighted by molar-refractivity contribution is 7.89. The van der Waals surface area contributed by atoms with Crippen molar-refractivity contribution in [1.82, 2.24) is 24.2 Å². The molecule has 1 amide bonds. The van der Waals surface area contributed by atoms with Crippen LogP contribution in [0, 0.1) is 0 Å². The second-order valence-electron chi connectivity index (χ2n) is 8.48. The molecule has 2 aromatic heterocycles. The van der Waals surface area contributed by atoms with E-state index in [1.165, 1.54) is 22.6 Å². The molecule has 0 aliphatic carbocycles. The molecule has 5 rings (SSSR count). The molecule has 0 radical (unpaired) electrons. The summed E-state index contributed by atoms with van der Waals surface area (Å²) in [5.41, 5.74) is 3.28. The number of para-hydroxylation sites is 2. The van der Waals surface area contributed by atoms with Gasteiger partial charge < -0.3 is 10.2 Å². The van der Waals surface area contributed by atoms with Crippen LogP contribution < -0.4 is 5.32 Å². The number of benzene rings is 2. The Morgan fingerprint density at radius 1 is 0.944 bits per heavy atom. The Labute approximate surface area is 213 Å². The van der Waals surface area contributed by atoms with E-state index in [0.717, 1.165) is 11.0 Å². The standard InChI is InChI=1S/C25H23ClN6O3S/c1-31-10-12-32(13-11-31)36(34,35)18-7-9-23(27-15-18)25(33)29-17-6-8-20(26)19(14-17)24-16-28-21-4-2-3-5-22(21)30-24/h2-9,14-16H,10-13H2,1H3,(H,29,33). The summed E-state index contributed by atoms with van der Waals surface area (Å²) in [7, 11) is -1.70. The molecule has 3 heterocycles. The maximum absolute atomic E-state index is 12.9. The summed E-state index contributed by atoms with van der Waals surface area (Å²) in [6.45, 7) is 2.17. The molecule has 0 bridgehead atoms.